The van der Waals surface area contributed by atoms with Crippen LogP contribution in [0.15, 0.2) is 48.5 Å². The fraction of sp³-hybridized carbons (Fsp3) is 0.440. The summed E-state index contributed by atoms with van der Waals surface area (Å²) in [6.45, 7) is 1.46. The van der Waals surface area contributed by atoms with Gasteiger partial charge in [-0.2, -0.15) is 26.3 Å². The summed E-state index contributed by atoms with van der Waals surface area (Å²) >= 11 is 0. The number of alkyl halides is 6. The van der Waals surface area contributed by atoms with Crippen LogP contribution >= 0.6 is 0 Å². The lowest BCUT2D eigenvalue weighted by molar-refractivity contribution is -0.143. The summed E-state index contributed by atoms with van der Waals surface area (Å²) in [6.07, 6.45) is -9.58. The molecule has 2 aromatic carbocycles. The number of Topliss-reactive ketones (excluding diaryl/α,β-unsaturated/α-hetero) is 2. The number of nitrogens with one attached hydrogen (secondary N) is 1. The van der Waals surface area contributed by atoms with E-state index in [4.69, 9.17) is 0 Å². The summed E-state index contributed by atoms with van der Waals surface area (Å²) in [5.74, 6) is -1.20. The summed E-state index contributed by atoms with van der Waals surface area (Å²) in [5.41, 5.74) is -2.78. The number of halogens is 6. The highest BCUT2D eigenvalue weighted by Crippen LogP contribution is 2.38. The second-order valence-electron chi connectivity index (χ2n) is 8.98. The molecule has 2 saturated heterocycles. The molecule has 0 saturated carbocycles. The van der Waals surface area contributed by atoms with Gasteiger partial charge in [0.2, 0.25) is 0 Å². The molecule has 0 radical (unpaired) electrons. The molecular formula is C25H24F6N2O2. The Bertz CT molecular complexity index is 1050. The molecule has 2 heterocycles. The zero-order chi connectivity index (χ0) is 25.4. The van der Waals surface area contributed by atoms with Crippen LogP contribution in [0.3, 0.4) is 0 Å². The van der Waals surface area contributed by atoms with Crippen LogP contribution in [0, 0.1) is 0 Å². The molecule has 4 rings (SSSR count). The van der Waals surface area contributed by atoms with Crippen LogP contribution in [0.5, 0.6) is 0 Å². The first-order valence-electron chi connectivity index (χ1n) is 11.3. The third-order valence-electron chi connectivity index (χ3n) is 6.74. The fourth-order valence-corrected chi connectivity index (χ4v) is 5.06. The van der Waals surface area contributed by atoms with Gasteiger partial charge >= 0.3 is 12.4 Å². The van der Waals surface area contributed by atoms with Gasteiger partial charge in [0, 0.05) is 43.5 Å². The molecule has 0 unspecified atom stereocenters. The number of likely N-dealkylation sites (tertiary alicyclic amines) is 1. The maximum atomic E-state index is 13.5. The maximum absolute atomic E-state index is 13.5. The van der Waals surface area contributed by atoms with Gasteiger partial charge in [0.1, 0.15) is 5.78 Å². The van der Waals surface area contributed by atoms with E-state index in [0.717, 1.165) is 5.56 Å². The van der Waals surface area contributed by atoms with Crippen molar-refractivity contribution in [3.63, 3.8) is 0 Å². The molecule has 2 fully saturated rings. The zero-order valence-corrected chi connectivity index (χ0v) is 18.6. The van der Waals surface area contributed by atoms with E-state index in [-0.39, 0.29) is 43.2 Å². The summed E-state index contributed by atoms with van der Waals surface area (Å²) in [5, 5.41) is 3.31. The van der Waals surface area contributed by atoms with E-state index < -0.39 is 40.9 Å². The molecule has 2 aromatic rings. The summed E-state index contributed by atoms with van der Waals surface area (Å²) in [7, 11) is 0. The van der Waals surface area contributed by atoms with Crippen LogP contribution in [0.25, 0.3) is 0 Å². The first kappa shape index (κ1) is 25.4. The second kappa shape index (κ2) is 9.73. The fourth-order valence-electron chi connectivity index (χ4n) is 5.06. The first-order valence-corrected chi connectivity index (χ1v) is 11.3. The summed E-state index contributed by atoms with van der Waals surface area (Å²) in [6, 6.07) is 9.08. The molecule has 4 nitrogen and oxygen atoms in total. The molecule has 188 valence electrons. The highest BCUT2D eigenvalue weighted by Gasteiger charge is 2.43. The van der Waals surface area contributed by atoms with E-state index in [1.165, 1.54) is 0 Å². The van der Waals surface area contributed by atoms with Gasteiger partial charge in [-0.1, -0.05) is 30.3 Å². The molecular weight excluding hydrogens is 474 g/mol. The van der Waals surface area contributed by atoms with Gasteiger partial charge in [0.05, 0.1) is 17.2 Å². The number of benzene rings is 2. The number of rotatable bonds is 4. The molecule has 0 aromatic heterocycles. The number of hydrogen-bond acceptors (Lipinski definition) is 4. The molecule has 0 spiro atoms. The SMILES string of the molecule is O=C1CCN([C@@H]2CCNC[C@@H]2c2ccccc2)[C@@H](C(=O)c2cc(C(F)(F)F)cc(C(F)(F)F)c2)C1. The minimum Gasteiger partial charge on any atom is -0.316 e. The standard InChI is InChI=1S/C25H24F6N2O2/c26-24(27,28)17-10-16(11-18(12-17)25(29,30)31)23(35)22-13-19(34)7-9-33(22)21-6-8-32-14-20(21)15-4-2-1-3-5-15/h1-5,10-12,20-22,32H,6-9,13-14H2/t20-,21-,22-/m1/s1. The lowest BCUT2D eigenvalue weighted by Crippen LogP contribution is -2.57. The minimum absolute atomic E-state index is 0.00118. The van der Waals surface area contributed by atoms with Crippen molar-refractivity contribution < 1.29 is 35.9 Å². The van der Waals surface area contributed by atoms with Crippen molar-refractivity contribution in [1.82, 2.24) is 10.2 Å². The number of nitrogens with zero attached hydrogens (tertiary/aromatic N) is 1. The number of hydrogen-bond donors (Lipinski definition) is 1. The van der Waals surface area contributed by atoms with Crippen LogP contribution in [0.2, 0.25) is 0 Å². The van der Waals surface area contributed by atoms with Crippen molar-refractivity contribution in [2.45, 2.75) is 49.6 Å². The van der Waals surface area contributed by atoms with Crippen molar-refractivity contribution in [3.8, 4) is 0 Å². The number of ketones is 2. The molecule has 3 atom stereocenters. The first-order chi connectivity index (χ1) is 16.4. The Hall–Kier alpha value is -2.72. The molecule has 35 heavy (non-hydrogen) atoms. The van der Waals surface area contributed by atoms with Gasteiger partial charge in [-0.25, -0.2) is 0 Å². The van der Waals surface area contributed by atoms with Crippen LogP contribution in [0.1, 0.15) is 52.2 Å². The zero-order valence-electron chi connectivity index (χ0n) is 18.6. The number of carbonyl (C=O) groups is 2. The van der Waals surface area contributed by atoms with E-state index in [2.05, 4.69) is 5.32 Å². The van der Waals surface area contributed by atoms with Gasteiger partial charge in [0.15, 0.2) is 5.78 Å². The number of carbonyl (C=O) groups excluding carboxylic acids is 2. The third kappa shape index (κ3) is 5.59. The molecule has 2 aliphatic heterocycles. The van der Waals surface area contributed by atoms with Gasteiger partial charge in [-0.05, 0) is 36.7 Å². The monoisotopic (exact) mass is 498 g/mol. The van der Waals surface area contributed by atoms with Crippen molar-refractivity contribution in [1.29, 1.82) is 0 Å². The third-order valence-corrected chi connectivity index (χ3v) is 6.74. The Labute approximate surface area is 198 Å². The van der Waals surface area contributed by atoms with E-state index >= 15 is 0 Å². The topological polar surface area (TPSA) is 49.4 Å². The molecule has 1 N–H and O–H groups in total. The maximum Gasteiger partial charge on any atom is 0.416 e. The number of piperidine rings is 2. The van der Waals surface area contributed by atoms with Crippen molar-refractivity contribution >= 4 is 11.6 Å². The lowest BCUT2D eigenvalue weighted by atomic mass is 9.82. The predicted octanol–water partition coefficient (Wildman–Crippen LogP) is 5.09. The molecule has 0 bridgehead atoms. The Balaban J connectivity index is 1.72. The van der Waals surface area contributed by atoms with Gasteiger partial charge in [-0.3, -0.25) is 14.5 Å². The van der Waals surface area contributed by atoms with Gasteiger partial charge < -0.3 is 5.32 Å². The average Bonchev–Trinajstić information content (AvgIpc) is 2.83. The predicted molar refractivity (Wildman–Crippen MR) is 116 cm³/mol. The quantitative estimate of drug-likeness (QED) is 0.472. The normalized spacial score (nSPS) is 24.4. The van der Waals surface area contributed by atoms with E-state index in [1.54, 1.807) is 0 Å². The lowest BCUT2D eigenvalue weighted by Gasteiger charge is -2.45. The van der Waals surface area contributed by atoms with Crippen LogP contribution in [-0.2, 0) is 17.1 Å². The van der Waals surface area contributed by atoms with Gasteiger partial charge in [0.25, 0.3) is 0 Å². The Kier molecular flexibility index (Phi) is 7.06. The molecule has 0 aliphatic carbocycles. The second-order valence-corrected chi connectivity index (χ2v) is 8.98. The van der Waals surface area contributed by atoms with E-state index in [9.17, 15) is 35.9 Å². The molecule has 2 aliphatic rings. The van der Waals surface area contributed by atoms with Crippen molar-refractivity contribution in [2.24, 2.45) is 0 Å². The van der Waals surface area contributed by atoms with Crippen LogP contribution in [-0.4, -0.2) is 48.2 Å². The average molecular weight is 498 g/mol. The Morgan fingerprint density at radius 2 is 1.57 bits per heavy atom. The van der Waals surface area contributed by atoms with Crippen molar-refractivity contribution in [2.75, 3.05) is 19.6 Å². The van der Waals surface area contributed by atoms with E-state index in [1.807, 2.05) is 35.2 Å². The molecule has 10 heteroatoms. The van der Waals surface area contributed by atoms with Crippen LogP contribution < -0.4 is 5.32 Å². The highest BCUT2D eigenvalue weighted by molar-refractivity contribution is 6.03. The van der Waals surface area contributed by atoms with Gasteiger partial charge in [-0.15, -0.1) is 0 Å². The Morgan fingerprint density at radius 3 is 2.17 bits per heavy atom. The molecule has 0 amide bonds. The largest absolute Gasteiger partial charge is 0.416 e. The summed E-state index contributed by atoms with van der Waals surface area (Å²) in [4.78, 5) is 27.6. The Morgan fingerprint density at radius 1 is 0.943 bits per heavy atom. The van der Waals surface area contributed by atoms with Crippen LogP contribution in [0.4, 0.5) is 26.3 Å². The van der Waals surface area contributed by atoms with Crippen molar-refractivity contribution in [3.05, 3.63) is 70.8 Å². The smallest absolute Gasteiger partial charge is 0.316 e. The summed E-state index contributed by atoms with van der Waals surface area (Å²) < 4.78 is 80.2. The minimum atomic E-state index is -5.06. The highest BCUT2D eigenvalue weighted by atomic mass is 19.4. The van der Waals surface area contributed by atoms with E-state index in [0.29, 0.717) is 31.6 Å².